The first-order valence-corrected chi connectivity index (χ1v) is 6.01. The summed E-state index contributed by atoms with van der Waals surface area (Å²) in [6, 6.07) is 6.43. The van der Waals surface area contributed by atoms with Gasteiger partial charge in [-0.3, -0.25) is 0 Å². The van der Waals surface area contributed by atoms with E-state index in [0.29, 0.717) is 6.54 Å². The minimum Gasteiger partial charge on any atom is -0.478 e. The van der Waals surface area contributed by atoms with Gasteiger partial charge >= 0.3 is 5.97 Å². The van der Waals surface area contributed by atoms with E-state index in [0.717, 1.165) is 18.2 Å². The number of carboxylic acids is 1. The van der Waals surface area contributed by atoms with Crippen molar-refractivity contribution in [2.75, 3.05) is 11.9 Å². The molecule has 90 valence electrons. The molecular weight excluding hydrogens is 214 g/mol. The van der Waals surface area contributed by atoms with Crippen molar-refractivity contribution < 1.29 is 9.90 Å². The third-order valence-corrected chi connectivity index (χ3v) is 3.03. The van der Waals surface area contributed by atoms with Gasteiger partial charge in [-0.2, -0.15) is 0 Å². The van der Waals surface area contributed by atoms with Crippen molar-refractivity contribution in [1.82, 2.24) is 0 Å². The van der Waals surface area contributed by atoms with Gasteiger partial charge in [-0.05, 0) is 48.9 Å². The van der Waals surface area contributed by atoms with Gasteiger partial charge in [0.15, 0.2) is 0 Å². The third-order valence-electron chi connectivity index (χ3n) is 3.03. The van der Waals surface area contributed by atoms with Crippen molar-refractivity contribution in [1.29, 1.82) is 0 Å². The molecule has 0 bridgehead atoms. The van der Waals surface area contributed by atoms with Gasteiger partial charge in [0.2, 0.25) is 0 Å². The normalized spacial score (nSPS) is 14.6. The molecule has 0 fully saturated rings. The van der Waals surface area contributed by atoms with Gasteiger partial charge in [-0.1, -0.05) is 12.1 Å². The predicted octanol–water partition coefficient (Wildman–Crippen LogP) is 2.62. The van der Waals surface area contributed by atoms with Gasteiger partial charge in [-0.15, -0.1) is 0 Å². The maximum Gasteiger partial charge on any atom is 0.328 e. The van der Waals surface area contributed by atoms with Gasteiger partial charge in [0.1, 0.15) is 0 Å². The number of nitrogens with one attached hydrogen (secondary N) is 1. The summed E-state index contributed by atoms with van der Waals surface area (Å²) in [4.78, 5) is 10.3. The topological polar surface area (TPSA) is 49.3 Å². The van der Waals surface area contributed by atoms with Crippen molar-refractivity contribution in [2.45, 2.75) is 25.7 Å². The highest BCUT2D eigenvalue weighted by molar-refractivity contribution is 5.79. The highest BCUT2D eigenvalue weighted by atomic mass is 16.4. The Morgan fingerprint density at radius 3 is 2.82 bits per heavy atom. The van der Waals surface area contributed by atoms with Crippen molar-refractivity contribution in [3.05, 3.63) is 41.5 Å². The summed E-state index contributed by atoms with van der Waals surface area (Å²) in [5.74, 6) is -0.905. The van der Waals surface area contributed by atoms with E-state index in [1.54, 1.807) is 6.08 Å². The van der Waals surface area contributed by atoms with Crippen LogP contribution >= 0.6 is 0 Å². The number of benzene rings is 1. The Hall–Kier alpha value is -1.77. The minimum atomic E-state index is -0.905. The van der Waals surface area contributed by atoms with Crippen LogP contribution in [0.15, 0.2) is 30.4 Å². The maximum atomic E-state index is 10.3. The van der Waals surface area contributed by atoms with Gasteiger partial charge in [0.05, 0.1) is 0 Å². The number of anilines is 1. The third kappa shape index (κ3) is 3.34. The van der Waals surface area contributed by atoms with E-state index in [9.17, 15) is 4.79 Å². The van der Waals surface area contributed by atoms with Crippen LogP contribution in [0, 0.1) is 0 Å². The van der Waals surface area contributed by atoms with Crippen LogP contribution in [0.5, 0.6) is 0 Å². The first-order chi connectivity index (χ1) is 8.25. The average Bonchev–Trinajstić information content (AvgIpc) is 2.34. The molecule has 0 amide bonds. The Morgan fingerprint density at radius 2 is 2.06 bits per heavy atom. The molecule has 1 aromatic carbocycles. The van der Waals surface area contributed by atoms with E-state index in [1.165, 1.54) is 30.4 Å². The summed E-state index contributed by atoms with van der Waals surface area (Å²) in [5, 5.41) is 11.7. The quantitative estimate of drug-likeness (QED) is 0.783. The molecule has 2 rings (SSSR count). The molecule has 17 heavy (non-hydrogen) atoms. The monoisotopic (exact) mass is 231 g/mol. The van der Waals surface area contributed by atoms with Gasteiger partial charge in [0, 0.05) is 18.3 Å². The van der Waals surface area contributed by atoms with E-state index in [4.69, 9.17) is 5.11 Å². The van der Waals surface area contributed by atoms with Crippen molar-refractivity contribution in [3.63, 3.8) is 0 Å². The second kappa shape index (κ2) is 5.53. The molecule has 3 heteroatoms. The van der Waals surface area contributed by atoms with Crippen LogP contribution in [0.2, 0.25) is 0 Å². The van der Waals surface area contributed by atoms with Crippen LogP contribution in [0.25, 0.3) is 0 Å². The first-order valence-electron chi connectivity index (χ1n) is 6.01. The fourth-order valence-corrected chi connectivity index (χ4v) is 2.18. The molecule has 1 aromatic rings. The SMILES string of the molecule is O=C(O)/C=C/CNc1ccc2c(c1)CCCC2. The largest absolute Gasteiger partial charge is 0.478 e. The zero-order chi connectivity index (χ0) is 12.1. The Labute approximate surface area is 101 Å². The summed E-state index contributed by atoms with van der Waals surface area (Å²) < 4.78 is 0. The number of aryl methyl sites for hydroxylation is 2. The Bertz CT molecular complexity index is 438. The highest BCUT2D eigenvalue weighted by Crippen LogP contribution is 2.24. The fourth-order valence-electron chi connectivity index (χ4n) is 2.18. The molecule has 0 unspecified atom stereocenters. The molecule has 0 saturated heterocycles. The number of hydrogen-bond donors (Lipinski definition) is 2. The number of carboxylic acid groups (broad SMARTS) is 1. The molecule has 0 saturated carbocycles. The van der Waals surface area contributed by atoms with E-state index in [1.807, 2.05) is 0 Å². The second-order valence-electron chi connectivity index (χ2n) is 4.31. The summed E-state index contributed by atoms with van der Waals surface area (Å²) in [5.41, 5.74) is 3.96. The molecule has 0 aromatic heterocycles. The van der Waals surface area contributed by atoms with Crippen molar-refractivity contribution >= 4 is 11.7 Å². The number of fused-ring (bicyclic) bond motifs is 1. The summed E-state index contributed by atoms with van der Waals surface area (Å²) in [6.45, 7) is 0.547. The van der Waals surface area contributed by atoms with Crippen LogP contribution in [0.1, 0.15) is 24.0 Å². The zero-order valence-electron chi connectivity index (χ0n) is 9.78. The molecular formula is C14H17NO2. The van der Waals surface area contributed by atoms with Crippen LogP contribution in [0.4, 0.5) is 5.69 Å². The van der Waals surface area contributed by atoms with Gasteiger partial charge < -0.3 is 10.4 Å². The average molecular weight is 231 g/mol. The van der Waals surface area contributed by atoms with E-state index < -0.39 is 5.97 Å². The molecule has 3 nitrogen and oxygen atoms in total. The molecule has 1 aliphatic carbocycles. The highest BCUT2D eigenvalue weighted by Gasteiger charge is 2.08. The van der Waals surface area contributed by atoms with Crippen LogP contribution in [-0.2, 0) is 17.6 Å². The molecule has 1 aliphatic rings. The Balaban J connectivity index is 1.95. The molecule has 0 atom stereocenters. The Morgan fingerprint density at radius 1 is 1.29 bits per heavy atom. The predicted molar refractivity (Wildman–Crippen MR) is 68.3 cm³/mol. The van der Waals surface area contributed by atoms with Crippen LogP contribution in [0.3, 0.4) is 0 Å². The lowest BCUT2D eigenvalue weighted by Crippen LogP contribution is -2.05. The Kier molecular flexibility index (Phi) is 3.81. The van der Waals surface area contributed by atoms with Crippen LogP contribution in [-0.4, -0.2) is 17.6 Å². The molecule has 0 radical (unpaired) electrons. The summed E-state index contributed by atoms with van der Waals surface area (Å²) in [6.07, 6.45) is 7.69. The fraction of sp³-hybridized carbons (Fsp3) is 0.357. The number of carbonyl (C=O) groups is 1. The lowest BCUT2D eigenvalue weighted by atomic mass is 9.91. The minimum absolute atomic E-state index is 0.547. The van der Waals surface area contributed by atoms with Gasteiger partial charge in [0.25, 0.3) is 0 Å². The molecule has 2 N–H and O–H groups in total. The molecule has 0 heterocycles. The first kappa shape index (κ1) is 11.7. The maximum absolute atomic E-state index is 10.3. The lowest BCUT2D eigenvalue weighted by molar-refractivity contribution is -0.131. The number of rotatable bonds is 4. The molecule has 0 aliphatic heterocycles. The van der Waals surface area contributed by atoms with Gasteiger partial charge in [-0.25, -0.2) is 4.79 Å². The second-order valence-corrected chi connectivity index (χ2v) is 4.31. The summed E-state index contributed by atoms with van der Waals surface area (Å²) in [7, 11) is 0. The summed E-state index contributed by atoms with van der Waals surface area (Å²) >= 11 is 0. The number of aliphatic carboxylic acids is 1. The molecule has 0 spiro atoms. The lowest BCUT2D eigenvalue weighted by Gasteiger charge is -2.16. The van der Waals surface area contributed by atoms with Crippen LogP contribution < -0.4 is 5.32 Å². The number of hydrogen-bond acceptors (Lipinski definition) is 2. The smallest absolute Gasteiger partial charge is 0.328 e. The standard InChI is InChI=1S/C14H17NO2/c16-14(17)6-3-9-15-13-8-7-11-4-1-2-5-12(11)10-13/h3,6-8,10,15H,1-2,4-5,9H2,(H,16,17)/b6-3+. The van der Waals surface area contributed by atoms with Crippen molar-refractivity contribution in [3.8, 4) is 0 Å². The van der Waals surface area contributed by atoms with E-state index in [-0.39, 0.29) is 0 Å². The zero-order valence-corrected chi connectivity index (χ0v) is 9.78. The van der Waals surface area contributed by atoms with E-state index >= 15 is 0 Å². The van der Waals surface area contributed by atoms with Crippen molar-refractivity contribution in [2.24, 2.45) is 0 Å². The van der Waals surface area contributed by atoms with E-state index in [2.05, 4.69) is 23.5 Å².